The monoisotopic (exact) mass is 330 g/mol. The van der Waals surface area contributed by atoms with Crippen molar-refractivity contribution in [2.24, 2.45) is 0 Å². The van der Waals surface area contributed by atoms with Crippen LogP contribution in [0.1, 0.15) is 26.2 Å². The third-order valence-electron chi connectivity index (χ3n) is 3.99. The van der Waals surface area contributed by atoms with Crippen molar-refractivity contribution < 1.29 is 8.78 Å². The zero-order valence-electron chi connectivity index (χ0n) is 10.8. The Hall–Kier alpha value is -0.680. The normalized spacial score (nSPS) is 27.8. The predicted molar refractivity (Wildman–Crippen MR) is 75.3 cm³/mol. The molecule has 0 bridgehead atoms. The number of halogens is 3. The first-order valence-corrected chi connectivity index (χ1v) is 7.50. The number of hydrogen-bond donors (Lipinski definition) is 1. The van der Waals surface area contributed by atoms with Gasteiger partial charge in [-0.05, 0) is 38.3 Å². The van der Waals surface area contributed by atoms with Crippen LogP contribution >= 0.6 is 15.9 Å². The van der Waals surface area contributed by atoms with Crippen molar-refractivity contribution in [1.29, 1.82) is 0 Å². The first kappa shape index (κ1) is 13.3. The maximum Gasteiger partial charge on any atom is 0.150 e. The van der Waals surface area contributed by atoms with Gasteiger partial charge in [-0.25, -0.2) is 8.78 Å². The molecule has 1 aliphatic carbocycles. The lowest BCUT2D eigenvalue weighted by atomic mass is 10.1. The van der Waals surface area contributed by atoms with Gasteiger partial charge in [0.15, 0.2) is 0 Å². The molecular formula is C14H17BrF2N2. The molecule has 2 unspecified atom stereocenters. The maximum atomic E-state index is 13.8. The average molecular weight is 331 g/mol. The minimum Gasteiger partial charge on any atom is -0.376 e. The molecule has 1 aromatic carbocycles. The van der Waals surface area contributed by atoms with E-state index in [1.54, 1.807) is 0 Å². The van der Waals surface area contributed by atoms with E-state index in [4.69, 9.17) is 0 Å². The van der Waals surface area contributed by atoms with E-state index in [9.17, 15) is 8.78 Å². The summed E-state index contributed by atoms with van der Waals surface area (Å²) in [6, 6.07) is 3.90. The van der Waals surface area contributed by atoms with Crippen molar-refractivity contribution >= 4 is 21.6 Å². The number of likely N-dealkylation sites (tertiary alicyclic amines) is 1. The standard InChI is InChI=1S/C14H17BrF2N2/c1-8-4-10(7-19(8)11-2-3-11)18-14-12(16)5-9(15)6-13(14)17/h5-6,8,10-11,18H,2-4,7H2,1H3. The maximum absolute atomic E-state index is 13.8. The van der Waals surface area contributed by atoms with E-state index in [1.165, 1.54) is 25.0 Å². The highest BCUT2D eigenvalue weighted by Crippen LogP contribution is 2.34. The zero-order valence-corrected chi connectivity index (χ0v) is 12.4. The molecule has 2 fully saturated rings. The number of rotatable bonds is 3. The summed E-state index contributed by atoms with van der Waals surface area (Å²) < 4.78 is 28.0. The topological polar surface area (TPSA) is 15.3 Å². The van der Waals surface area contributed by atoms with Gasteiger partial charge in [-0.15, -0.1) is 0 Å². The minimum atomic E-state index is -0.538. The van der Waals surface area contributed by atoms with Crippen molar-refractivity contribution in [3.63, 3.8) is 0 Å². The van der Waals surface area contributed by atoms with E-state index in [1.807, 2.05) is 0 Å². The van der Waals surface area contributed by atoms with Crippen LogP contribution in [-0.2, 0) is 0 Å². The van der Waals surface area contributed by atoms with Crippen LogP contribution in [0.4, 0.5) is 14.5 Å². The molecule has 104 valence electrons. The molecule has 1 aliphatic heterocycles. The third kappa shape index (κ3) is 2.77. The summed E-state index contributed by atoms with van der Waals surface area (Å²) in [5.41, 5.74) is -0.00181. The summed E-state index contributed by atoms with van der Waals surface area (Å²) in [5.74, 6) is -1.08. The quantitative estimate of drug-likeness (QED) is 0.907. The molecule has 0 spiro atoms. The predicted octanol–water partition coefficient (Wildman–Crippen LogP) is 3.76. The Morgan fingerprint density at radius 1 is 1.26 bits per heavy atom. The van der Waals surface area contributed by atoms with Gasteiger partial charge < -0.3 is 5.32 Å². The van der Waals surface area contributed by atoms with Gasteiger partial charge in [0.2, 0.25) is 0 Å². The van der Waals surface area contributed by atoms with E-state index >= 15 is 0 Å². The summed E-state index contributed by atoms with van der Waals surface area (Å²) in [6.07, 6.45) is 3.46. The summed E-state index contributed by atoms with van der Waals surface area (Å²) in [7, 11) is 0. The molecule has 2 nitrogen and oxygen atoms in total. The highest BCUT2D eigenvalue weighted by molar-refractivity contribution is 9.10. The molecule has 1 heterocycles. The molecule has 3 rings (SSSR count). The second-order valence-corrected chi connectivity index (χ2v) is 6.51. The van der Waals surface area contributed by atoms with Gasteiger partial charge in [0.1, 0.15) is 17.3 Å². The van der Waals surface area contributed by atoms with Crippen LogP contribution in [0.2, 0.25) is 0 Å². The molecular weight excluding hydrogens is 314 g/mol. The van der Waals surface area contributed by atoms with E-state index in [-0.39, 0.29) is 11.7 Å². The smallest absolute Gasteiger partial charge is 0.150 e. The second-order valence-electron chi connectivity index (χ2n) is 5.60. The first-order chi connectivity index (χ1) is 9.04. The van der Waals surface area contributed by atoms with E-state index in [0.29, 0.717) is 16.6 Å². The lowest BCUT2D eigenvalue weighted by molar-refractivity contribution is 0.257. The number of nitrogens with zero attached hydrogens (tertiary/aromatic N) is 1. The van der Waals surface area contributed by atoms with Crippen molar-refractivity contribution in [2.45, 2.75) is 44.3 Å². The van der Waals surface area contributed by atoms with E-state index < -0.39 is 11.6 Å². The van der Waals surface area contributed by atoms with Gasteiger partial charge in [0.05, 0.1) is 0 Å². The van der Waals surface area contributed by atoms with Crippen molar-refractivity contribution in [2.75, 3.05) is 11.9 Å². The SMILES string of the molecule is CC1CC(Nc2c(F)cc(Br)cc2F)CN1C1CC1. The molecule has 1 aromatic rings. The number of nitrogens with one attached hydrogen (secondary N) is 1. The summed E-state index contributed by atoms with van der Waals surface area (Å²) in [4.78, 5) is 2.45. The lowest BCUT2D eigenvalue weighted by Crippen LogP contribution is -2.31. The molecule has 1 N–H and O–H groups in total. The van der Waals surface area contributed by atoms with Gasteiger partial charge in [-0.1, -0.05) is 15.9 Å². The van der Waals surface area contributed by atoms with Crippen LogP contribution in [0, 0.1) is 11.6 Å². The van der Waals surface area contributed by atoms with Gasteiger partial charge in [0.25, 0.3) is 0 Å². The number of benzene rings is 1. The van der Waals surface area contributed by atoms with Gasteiger partial charge >= 0.3 is 0 Å². The Balaban J connectivity index is 1.72. The Labute approximate surface area is 120 Å². The Morgan fingerprint density at radius 3 is 2.47 bits per heavy atom. The summed E-state index contributed by atoms with van der Waals surface area (Å²) in [6.45, 7) is 3.06. The van der Waals surface area contributed by atoms with Crippen LogP contribution in [0.5, 0.6) is 0 Å². The molecule has 0 aromatic heterocycles. The highest BCUT2D eigenvalue weighted by Gasteiger charge is 2.39. The molecule has 2 atom stereocenters. The number of hydrogen-bond acceptors (Lipinski definition) is 2. The Bertz CT molecular complexity index is 467. The van der Waals surface area contributed by atoms with Crippen LogP contribution in [0.15, 0.2) is 16.6 Å². The molecule has 1 saturated carbocycles. The van der Waals surface area contributed by atoms with Crippen molar-refractivity contribution in [3.05, 3.63) is 28.2 Å². The fraction of sp³-hybridized carbons (Fsp3) is 0.571. The average Bonchev–Trinajstić information content (AvgIpc) is 3.09. The number of anilines is 1. The lowest BCUT2D eigenvalue weighted by Gasteiger charge is -2.20. The molecule has 2 aliphatic rings. The second kappa shape index (κ2) is 5.02. The third-order valence-corrected chi connectivity index (χ3v) is 4.45. The van der Waals surface area contributed by atoms with Crippen LogP contribution in [0.3, 0.4) is 0 Å². The van der Waals surface area contributed by atoms with Gasteiger partial charge in [0, 0.05) is 29.1 Å². The molecule has 19 heavy (non-hydrogen) atoms. The van der Waals surface area contributed by atoms with Crippen LogP contribution in [0.25, 0.3) is 0 Å². The van der Waals surface area contributed by atoms with E-state index in [2.05, 4.69) is 33.1 Å². The minimum absolute atomic E-state index is 0.00181. The fourth-order valence-corrected chi connectivity index (χ4v) is 3.36. The summed E-state index contributed by atoms with van der Waals surface area (Å²) in [5, 5.41) is 3.04. The molecule has 1 saturated heterocycles. The van der Waals surface area contributed by atoms with E-state index in [0.717, 1.165) is 13.0 Å². The summed E-state index contributed by atoms with van der Waals surface area (Å²) >= 11 is 3.09. The molecule has 5 heteroatoms. The molecule has 0 radical (unpaired) electrons. The van der Waals surface area contributed by atoms with Gasteiger partial charge in [-0.2, -0.15) is 0 Å². The largest absolute Gasteiger partial charge is 0.376 e. The molecule has 0 amide bonds. The Morgan fingerprint density at radius 2 is 1.89 bits per heavy atom. The van der Waals surface area contributed by atoms with Crippen LogP contribution in [-0.4, -0.2) is 29.6 Å². The van der Waals surface area contributed by atoms with Crippen molar-refractivity contribution in [1.82, 2.24) is 4.90 Å². The van der Waals surface area contributed by atoms with Crippen molar-refractivity contribution in [3.8, 4) is 0 Å². The van der Waals surface area contributed by atoms with Crippen LogP contribution < -0.4 is 5.32 Å². The highest BCUT2D eigenvalue weighted by atomic mass is 79.9. The van der Waals surface area contributed by atoms with Gasteiger partial charge in [-0.3, -0.25) is 4.90 Å². The zero-order chi connectivity index (χ0) is 13.6. The fourth-order valence-electron chi connectivity index (χ4n) is 2.96. The Kier molecular flexibility index (Phi) is 3.52. The first-order valence-electron chi connectivity index (χ1n) is 6.71.